The minimum atomic E-state index is -0.786. The van der Waals surface area contributed by atoms with E-state index in [1.807, 2.05) is 54.6 Å². The fourth-order valence-electron chi connectivity index (χ4n) is 2.99. The Labute approximate surface area is 169 Å². The first kappa shape index (κ1) is 19.9. The Morgan fingerprint density at radius 1 is 1.00 bits per heavy atom. The normalized spacial score (nSPS) is 12.4. The number of ether oxygens (including phenoxy) is 1. The highest BCUT2D eigenvalue weighted by atomic mass is 16.5. The highest BCUT2D eigenvalue weighted by Gasteiger charge is 2.26. The molecule has 0 saturated heterocycles. The maximum absolute atomic E-state index is 13.4. The van der Waals surface area contributed by atoms with Crippen molar-refractivity contribution in [3.63, 3.8) is 0 Å². The zero-order valence-electron chi connectivity index (χ0n) is 16.0. The number of hydrogen-bond donors (Lipinski definition) is 3. The first-order valence-electron chi connectivity index (χ1n) is 9.13. The Bertz CT molecular complexity index is 1010. The zero-order valence-corrected chi connectivity index (χ0v) is 16.0. The summed E-state index contributed by atoms with van der Waals surface area (Å²) in [7, 11) is 1.58. The largest absolute Gasteiger partial charge is 0.507 e. The molecule has 0 fully saturated rings. The highest BCUT2D eigenvalue weighted by molar-refractivity contribution is 6.20. The fourth-order valence-corrected chi connectivity index (χ4v) is 2.99. The van der Waals surface area contributed by atoms with E-state index in [9.17, 15) is 9.90 Å². The van der Waals surface area contributed by atoms with Crippen molar-refractivity contribution in [2.45, 2.75) is 6.04 Å². The van der Waals surface area contributed by atoms with Crippen LogP contribution in [0.25, 0.3) is 5.76 Å². The molecule has 0 saturated carbocycles. The summed E-state index contributed by atoms with van der Waals surface area (Å²) in [6.07, 6.45) is 0.897. The Morgan fingerprint density at radius 2 is 1.66 bits per heavy atom. The Balaban J connectivity index is 2.03. The van der Waals surface area contributed by atoms with E-state index in [-0.39, 0.29) is 11.3 Å². The summed E-state index contributed by atoms with van der Waals surface area (Å²) < 4.78 is 5.26. The molecule has 0 radical (unpaired) electrons. The van der Waals surface area contributed by atoms with Crippen LogP contribution in [0.1, 0.15) is 17.2 Å². The molecule has 3 N–H and O–H groups in total. The smallest absolute Gasteiger partial charge is 0.194 e. The minimum Gasteiger partial charge on any atom is -0.507 e. The standard InChI is InChI=1S/C24H22N2O3/c1-29-20-14-8-13-19(15-20)26-22(17-9-4-2-5-10-17)24(28)21(16-25)23(27)18-11-6-3-7-12-18/h2-16,22,25-27H,1H3/b23-21+,25-16?. The summed E-state index contributed by atoms with van der Waals surface area (Å²) in [5.74, 6) is 0.0264. The number of benzene rings is 3. The second-order valence-corrected chi connectivity index (χ2v) is 6.36. The van der Waals surface area contributed by atoms with Crippen LogP contribution in [-0.4, -0.2) is 24.2 Å². The van der Waals surface area contributed by atoms with Gasteiger partial charge < -0.3 is 20.6 Å². The molecular formula is C24H22N2O3. The number of aliphatic hydroxyl groups excluding tert-OH is 1. The van der Waals surface area contributed by atoms with Gasteiger partial charge in [0.05, 0.1) is 12.7 Å². The molecule has 3 aromatic carbocycles. The molecule has 5 heteroatoms. The minimum absolute atomic E-state index is 0.0690. The predicted molar refractivity (Wildman–Crippen MR) is 116 cm³/mol. The number of hydrogen-bond acceptors (Lipinski definition) is 5. The first-order chi connectivity index (χ1) is 14.1. The van der Waals surface area contributed by atoms with Crippen LogP contribution in [0, 0.1) is 5.41 Å². The van der Waals surface area contributed by atoms with Gasteiger partial charge in [0.1, 0.15) is 17.6 Å². The van der Waals surface area contributed by atoms with Crippen molar-refractivity contribution in [1.29, 1.82) is 5.41 Å². The van der Waals surface area contributed by atoms with E-state index in [2.05, 4.69) is 5.32 Å². The molecule has 0 aliphatic heterocycles. The van der Waals surface area contributed by atoms with Crippen LogP contribution in [0.4, 0.5) is 5.69 Å². The van der Waals surface area contributed by atoms with Crippen LogP contribution in [-0.2, 0) is 4.79 Å². The number of anilines is 1. The van der Waals surface area contributed by atoms with Gasteiger partial charge in [0.15, 0.2) is 5.78 Å². The third kappa shape index (κ3) is 4.71. The van der Waals surface area contributed by atoms with E-state index in [1.54, 1.807) is 37.4 Å². The Hall–Kier alpha value is -3.86. The van der Waals surface area contributed by atoms with E-state index in [0.29, 0.717) is 17.0 Å². The van der Waals surface area contributed by atoms with Gasteiger partial charge in [-0.1, -0.05) is 66.7 Å². The zero-order chi connectivity index (χ0) is 20.6. The average Bonchev–Trinajstić information content (AvgIpc) is 2.79. The molecule has 1 unspecified atom stereocenters. The van der Waals surface area contributed by atoms with E-state index in [0.717, 1.165) is 11.8 Å². The molecule has 0 aliphatic rings. The molecule has 5 nitrogen and oxygen atoms in total. The number of nitrogens with one attached hydrogen (secondary N) is 2. The van der Waals surface area contributed by atoms with Crippen molar-refractivity contribution in [2.24, 2.45) is 0 Å². The SMILES string of the molecule is COc1cccc(NC(C(=O)/C(C=N)=C(/O)c2ccccc2)c2ccccc2)c1. The second-order valence-electron chi connectivity index (χ2n) is 6.36. The van der Waals surface area contributed by atoms with Crippen LogP contribution < -0.4 is 10.1 Å². The summed E-state index contributed by atoms with van der Waals surface area (Å²) in [5, 5.41) is 21.6. The lowest BCUT2D eigenvalue weighted by atomic mass is 9.95. The van der Waals surface area contributed by atoms with Gasteiger partial charge in [-0.3, -0.25) is 4.79 Å². The quantitative estimate of drug-likeness (QED) is 0.288. The molecule has 3 rings (SSSR count). The second kappa shape index (κ2) is 9.37. The van der Waals surface area contributed by atoms with Gasteiger partial charge in [-0.25, -0.2) is 0 Å². The third-order valence-corrected chi connectivity index (χ3v) is 4.49. The fraction of sp³-hybridized carbons (Fsp3) is 0.0833. The van der Waals surface area contributed by atoms with Crippen LogP contribution in [0.3, 0.4) is 0 Å². The number of carbonyl (C=O) groups excluding carboxylic acids is 1. The van der Waals surface area contributed by atoms with Crippen LogP contribution in [0.15, 0.2) is 90.5 Å². The topological polar surface area (TPSA) is 82.4 Å². The predicted octanol–water partition coefficient (Wildman–Crippen LogP) is 5.04. The summed E-state index contributed by atoms with van der Waals surface area (Å²) in [6.45, 7) is 0. The van der Waals surface area contributed by atoms with Crippen LogP contribution in [0.5, 0.6) is 5.75 Å². The molecule has 0 bridgehead atoms. The van der Waals surface area contributed by atoms with Gasteiger partial charge in [-0.05, 0) is 17.7 Å². The molecular weight excluding hydrogens is 364 g/mol. The van der Waals surface area contributed by atoms with E-state index in [4.69, 9.17) is 10.1 Å². The van der Waals surface area contributed by atoms with E-state index in [1.165, 1.54) is 0 Å². The third-order valence-electron chi connectivity index (χ3n) is 4.49. The van der Waals surface area contributed by atoms with E-state index < -0.39 is 11.8 Å². The summed E-state index contributed by atoms with van der Waals surface area (Å²) in [4.78, 5) is 13.4. The van der Waals surface area contributed by atoms with Gasteiger partial charge in [-0.2, -0.15) is 0 Å². The molecule has 1 atom stereocenters. The Kier molecular flexibility index (Phi) is 6.43. The van der Waals surface area contributed by atoms with Gasteiger partial charge >= 0.3 is 0 Å². The summed E-state index contributed by atoms with van der Waals surface area (Å²) >= 11 is 0. The molecule has 0 aromatic heterocycles. The number of carbonyl (C=O) groups is 1. The van der Waals surface area contributed by atoms with Crippen LogP contribution >= 0.6 is 0 Å². The number of rotatable bonds is 8. The van der Waals surface area contributed by atoms with Crippen LogP contribution in [0.2, 0.25) is 0 Å². The summed E-state index contributed by atoms with van der Waals surface area (Å²) in [6, 6.07) is 24.4. The lowest BCUT2D eigenvalue weighted by Gasteiger charge is -2.20. The van der Waals surface area contributed by atoms with Crippen molar-refractivity contribution in [1.82, 2.24) is 0 Å². The number of ketones is 1. The monoisotopic (exact) mass is 386 g/mol. The maximum atomic E-state index is 13.4. The van der Waals surface area contributed by atoms with Crippen molar-refractivity contribution >= 4 is 23.4 Å². The lowest BCUT2D eigenvalue weighted by Crippen LogP contribution is -2.24. The van der Waals surface area contributed by atoms with Gasteiger partial charge in [0, 0.05) is 23.5 Å². The molecule has 0 aliphatic carbocycles. The lowest BCUT2D eigenvalue weighted by molar-refractivity contribution is -0.115. The average molecular weight is 386 g/mol. The number of Topliss-reactive ketones (excluding diaryl/α,β-unsaturated/α-hetero) is 1. The van der Waals surface area contributed by atoms with Gasteiger partial charge in [0.2, 0.25) is 0 Å². The molecule has 0 spiro atoms. The highest BCUT2D eigenvalue weighted by Crippen LogP contribution is 2.27. The first-order valence-corrected chi connectivity index (χ1v) is 9.13. The maximum Gasteiger partial charge on any atom is 0.194 e. The van der Waals surface area contributed by atoms with Crippen molar-refractivity contribution in [2.75, 3.05) is 12.4 Å². The number of methoxy groups -OCH3 is 1. The van der Waals surface area contributed by atoms with Crippen molar-refractivity contribution in [3.05, 3.63) is 102 Å². The van der Waals surface area contributed by atoms with Crippen molar-refractivity contribution < 1.29 is 14.6 Å². The molecule has 0 amide bonds. The molecule has 3 aromatic rings. The molecule has 29 heavy (non-hydrogen) atoms. The van der Waals surface area contributed by atoms with Gasteiger partial charge in [-0.15, -0.1) is 0 Å². The van der Waals surface area contributed by atoms with Gasteiger partial charge in [0.25, 0.3) is 0 Å². The summed E-state index contributed by atoms with van der Waals surface area (Å²) in [5.41, 5.74) is 1.82. The number of aliphatic hydroxyl groups is 1. The Morgan fingerprint density at radius 3 is 2.28 bits per heavy atom. The van der Waals surface area contributed by atoms with E-state index >= 15 is 0 Å². The van der Waals surface area contributed by atoms with Crippen molar-refractivity contribution in [3.8, 4) is 5.75 Å². The molecule has 146 valence electrons. The molecule has 0 heterocycles.